The van der Waals surface area contributed by atoms with Gasteiger partial charge in [-0.15, -0.1) is 0 Å². The molecule has 0 radical (unpaired) electrons. The van der Waals surface area contributed by atoms with Crippen molar-refractivity contribution in [2.45, 2.75) is 12.5 Å². The monoisotopic (exact) mass is 533 g/mol. The first-order chi connectivity index (χ1) is 15.9. The fraction of sp³-hybridized carbons (Fsp3) is 0.273. The summed E-state index contributed by atoms with van der Waals surface area (Å²) in [6, 6.07) is 10.6. The molecular weight excluding hydrogens is 514 g/mol. The number of carbonyl (C=O) groups is 3. The van der Waals surface area contributed by atoms with Crippen LogP contribution in [0.25, 0.3) is 0 Å². The number of nitrogens with one attached hydrogen (secondary N) is 2. The van der Waals surface area contributed by atoms with E-state index in [9.17, 15) is 19.6 Å². The molecule has 2 N–H and O–H groups in total. The Kier molecular flexibility index (Phi) is 8.19. The van der Waals surface area contributed by atoms with Crippen LogP contribution in [0.4, 0.5) is 0 Å². The fourth-order valence-electron chi connectivity index (χ4n) is 3.34. The van der Waals surface area contributed by atoms with E-state index in [1.165, 1.54) is 20.5 Å². The van der Waals surface area contributed by atoms with Gasteiger partial charge in [-0.05, 0) is 45.8 Å². The van der Waals surface area contributed by atoms with Crippen LogP contribution in [0.1, 0.15) is 17.2 Å². The average molecular weight is 534 g/mol. The number of thioether (sulfide) groups is 1. The lowest BCUT2D eigenvalue weighted by atomic mass is 9.78. The van der Waals surface area contributed by atoms with Gasteiger partial charge in [-0.2, -0.15) is 5.26 Å². The highest BCUT2D eigenvalue weighted by molar-refractivity contribution is 9.10. The van der Waals surface area contributed by atoms with Crippen molar-refractivity contribution in [2.24, 2.45) is 5.92 Å². The smallest absolute Gasteiger partial charge is 0.319 e. The number of hydrogen-bond donors (Lipinski definition) is 2. The van der Waals surface area contributed by atoms with Gasteiger partial charge < -0.3 is 24.5 Å². The minimum absolute atomic E-state index is 0.0522. The lowest BCUT2D eigenvalue weighted by Crippen LogP contribution is -2.44. The zero-order valence-corrected chi connectivity index (χ0v) is 20.1. The van der Waals surface area contributed by atoms with Crippen LogP contribution in [0.15, 0.2) is 56.1 Å². The van der Waals surface area contributed by atoms with Gasteiger partial charge in [0.1, 0.15) is 17.4 Å². The van der Waals surface area contributed by atoms with Gasteiger partial charge >= 0.3 is 5.97 Å². The summed E-state index contributed by atoms with van der Waals surface area (Å²) in [6.07, 6.45) is 1.51. The number of nitrogens with zero attached hydrogens (tertiary/aromatic N) is 1. The first-order valence-electron chi connectivity index (χ1n) is 9.67. The number of benzene rings is 1. The Balaban J connectivity index is 1.89. The van der Waals surface area contributed by atoms with Gasteiger partial charge in [0.05, 0.1) is 53.9 Å². The van der Waals surface area contributed by atoms with E-state index in [0.717, 1.165) is 11.8 Å². The number of amides is 2. The average Bonchev–Trinajstić information content (AvgIpc) is 3.34. The van der Waals surface area contributed by atoms with E-state index in [4.69, 9.17) is 13.9 Å². The Morgan fingerprint density at radius 3 is 2.73 bits per heavy atom. The van der Waals surface area contributed by atoms with Crippen LogP contribution in [0.3, 0.4) is 0 Å². The van der Waals surface area contributed by atoms with Crippen molar-refractivity contribution in [3.05, 3.63) is 63.0 Å². The molecule has 9 nitrogen and oxygen atoms in total. The zero-order chi connectivity index (χ0) is 24.0. The standard InChI is InChI=1S/C22H20BrN3O6S/c1-30-16-6-5-12(8-15(16)23)18-14(9-24)21(26-20(28)19(18)22(29)31-2)33-11-17(27)25-10-13-4-3-7-32-13/h3-8,18-19H,10-11H2,1-2H3,(H,25,27)(H,26,28)/t18-,19-/m0/s1. The molecule has 1 aliphatic rings. The Morgan fingerprint density at radius 2 is 2.12 bits per heavy atom. The lowest BCUT2D eigenvalue weighted by molar-refractivity contribution is -0.150. The topological polar surface area (TPSA) is 131 Å². The number of carbonyl (C=O) groups excluding carboxylic acids is 3. The molecule has 1 aromatic heterocycles. The number of rotatable bonds is 8. The van der Waals surface area contributed by atoms with Crippen molar-refractivity contribution in [1.82, 2.24) is 10.6 Å². The van der Waals surface area contributed by atoms with E-state index >= 15 is 0 Å². The van der Waals surface area contributed by atoms with E-state index < -0.39 is 23.7 Å². The Labute approximate surface area is 202 Å². The van der Waals surface area contributed by atoms with Crippen LogP contribution >= 0.6 is 27.7 Å². The molecule has 0 bridgehead atoms. The largest absolute Gasteiger partial charge is 0.496 e. The molecule has 11 heteroatoms. The number of esters is 1. The molecule has 1 aromatic carbocycles. The Morgan fingerprint density at radius 1 is 1.33 bits per heavy atom. The number of nitriles is 1. The van der Waals surface area contributed by atoms with Crippen LogP contribution in [-0.4, -0.2) is 37.8 Å². The quantitative estimate of drug-likeness (QED) is 0.391. The number of hydrogen-bond acceptors (Lipinski definition) is 8. The molecule has 2 aromatic rings. The van der Waals surface area contributed by atoms with E-state index in [1.807, 2.05) is 0 Å². The normalized spacial score (nSPS) is 17.7. The summed E-state index contributed by atoms with van der Waals surface area (Å²) in [5, 5.41) is 15.4. The van der Waals surface area contributed by atoms with Gasteiger partial charge in [0.15, 0.2) is 0 Å². The van der Waals surface area contributed by atoms with Crippen molar-refractivity contribution in [3.8, 4) is 11.8 Å². The van der Waals surface area contributed by atoms with Crippen LogP contribution in [0, 0.1) is 17.2 Å². The Bertz CT molecular complexity index is 1130. The van der Waals surface area contributed by atoms with E-state index in [2.05, 4.69) is 32.6 Å². The second kappa shape index (κ2) is 11.1. The SMILES string of the molecule is COC(=O)[C@@H]1C(=O)NC(SCC(=O)NCc2ccco2)=C(C#N)[C@@H]1c1ccc(OC)c(Br)c1. The highest BCUT2D eigenvalue weighted by atomic mass is 79.9. The molecule has 172 valence electrons. The number of methoxy groups -OCH3 is 2. The van der Waals surface area contributed by atoms with Gasteiger partial charge in [0, 0.05) is 5.92 Å². The molecule has 0 aliphatic carbocycles. The van der Waals surface area contributed by atoms with Gasteiger partial charge in [-0.3, -0.25) is 14.4 Å². The van der Waals surface area contributed by atoms with Gasteiger partial charge in [-0.25, -0.2) is 0 Å². The van der Waals surface area contributed by atoms with Gasteiger partial charge in [0.25, 0.3) is 0 Å². The van der Waals surface area contributed by atoms with Crippen molar-refractivity contribution >= 4 is 45.5 Å². The first kappa shape index (κ1) is 24.4. The highest BCUT2D eigenvalue weighted by Gasteiger charge is 2.44. The lowest BCUT2D eigenvalue weighted by Gasteiger charge is -2.31. The maximum absolute atomic E-state index is 12.9. The predicted octanol–water partition coefficient (Wildman–Crippen LogP) is 2.84. The molecule has 0 unspecified atom stereocenters. The third-order valence-electron chi connectivity index (χ3n) is 4.91. The summed E-state index contributed by atoms with van der Waals surface area (Å²) in [6.45, 7) is 0.218. The molecular formula is C22H20BrN3O6S. The van der Waals surface area contributed by atoms with Gasteiger partial charge in [-0.1, -0.05) is 17.8 Å². The third-order valence-corrected chi connectivity index (χ3v) is 6.54. The highest BCUT2D eigenvalue weighted by Crippen LogP contribution is 2.42. The van der Waals surface area contributed by atoms with Crippen LogP contribution < -0.4 is 15.4 Å². The molecule has 0 saturated heterocycles. The molecule has 2 amide bonds. The number of allylic oxidation sites excluding steroid dienone is 1. The summed E-state index contributed by atoms with van der Waals surface area (Å²) >= 11 is 4.40. The maximum Gasteiger partial charge on any atom is 0.319 e. The molecule has 2 heterocycles. The van der Waals surface area contributed by atoms with Crippen LogP contribution in [-0.2, 0) is 25.7 Å². The molecule has 3 rings (SSSR count). The van der Waals surface area contributed by atoms with E-state index in [0.29, 0.717) is 21.5 Å². The third kappa shape index (κ3) is 5.58. The van der Waals surface area contributed by atoms with Crippen molar-refractivity contribution in [1.29, 1.82) is 5.26 Å². The second-order valence-corrected chi connectivity index (χ2v) is 8.70. The Hall–Kier alpha value is -3.23. The zero-order valence-electron chi connectivity index (χ0n) is 17.7. The van der Waals surface area contributed by atoms with Crippen molar-refractivity contribution in [3.63, 3.8) is 0 Å². The molecule has 0 fully saturated rings. The first-order valence-corrected chi connectivity index (χ1v) is 11.5. The summed E-state index contributed by atoms with van der Waals surface area (Å²) in [4.78, 5) is 37.6. The summed E-state index contributed by atoms with van der Waals surface area (Å²) in [5.41, 5.74) is 0.704. The molecule has 0 saturated carbocycles. The summed E-state index contributed by atoms with van der Waals surface area (Å²) < 4.78 is 15.8. The second-order valence-electron chi connectivity index (χ2n) is 6.86. The number of halogens is 1. The molecule has 0 spiro atoms. The number of furan rings is 1. The molecule has 2 atom stereocenters. The maximum atomic E-state index is 12.9. The minimum atomic E-state index is -1.26. The van der Waals surface area contributed by atoms with Crippen LogP contribution in [0.2, 0.25) is 0 Å². The number of ether oxygens (including phenoxy) is 2. The molecule has 1 aliphatic heterocycles. The molecule has 33 heavy (non-hydrogen) atoms. The van der Waals surface area contributed by atoms with E-state index in [1.54, 1.807) is 30.3 Å². The predicted molar refractivity (Wildman–Crippen MR) is 123 cm³/mol. The fourth-order valence-corrected chi connectivity index (χ4v) is 4.78. The minimum Gasteiger partial charge on any atom is -0.496 e. The van der Waals surface area contributed by atoms with Crippen LogP contribution in [0.5, 0.6) is 5.75 Å². The van der Waals surface area contributed by atoms with Gasteiger partial charge in [0.2, 0.25) is 11.8 Å². The summed E-state index contributed by atoms with van der Waals surface area (Å²) in [7, 11) is 2.69. The summed E-state index contributed by atoms with van der Waals surface area (Å²) in [5.74, 6) is -2.75. The van der Waals surface area contributed by atoms with E-state index in [-0.39, 0.29) is 28.8 Å². The van der Waals surface area contributed by atoms with Crippen molar-refractivity contribution < 1.29 is 28.3 Å². The van der Waals surface area contributed by atoms with Crippen molar-refractivity contribution in [2.75, 3.05) is 20.0 Å².